The lowest BCUT2D eigenvalue weighted by Gasteiger charge is -2.41. The fourth-order valence-corrected chi connectivity index (χ4v) is 3.34. The van der Waals surface area contributed by atoms with Crippen LogP contribution in [0.1, 0.15) is 12.8 Å². The zero-order chi connectivity index (χ0) is 14.1. The minimum Gasteiger partial charge on any atom is -0.479 e. The molecule has 3 fully saturated rings. The van der Waals surface area contributed by atoms with Gasteiger partial charge in [0.2, 0.25) is 0 Å². The summed E-state index contributed by atoms with van der Waals surface area (Å²) in [5.41, 5.74) is 0. The molecule has 3 rings (SSSR count). The van der Waals surface area contributed by atoms with E-state index in [0.717, 1.165) is 32.6 Å². The number of carboxylic acids is 1. The molecule has 0 aliphatic carbocycles. The Morgan fingerprint density at radius 1 is 1.05 bits per heavy atom. The third-order valence-electron chi connectivity index (χ3n) is 4.47. The van der Waals surface area contributed by atoms with Gasteiger partial charge in [0.15, 0.2) is 6.10 Å². The highest BCUT2D eigenvalue weighted by atomic mass is 16.5. The van der Waals surface area contributed by atoms with Gasteiger partial charge >= 0.3 is 12.0 Å². The summed E-state index contributed by atoms with van der Waals surface area (Å²) in [5.74, 6) is -0.997. The summed E-state index contributed by atoms with van der Waals surface area (Å²) in [6.45, 7) is 4.52. The van der Waals surface area contributed by atoms with Crippen LogP contribution >= 0.6 is 0 Å². The largest absolute Gasteiger partial charge is 0.479 e. The highest BCUT2D eigenvalue weighted by molar-refractivity contribution is 5.77. The first-order valence-corrected chi connectivity index (χ1v) is 7.27. The number of carboxylic acid groups (broad SMARTS) is 1. The number of hydrogen-bond donors (Lipinski definition) is 1. The molecular formula is C13H21N3O4. The molecule has 0 radical (unpaired) electrons. The standard InChI is InChI=1S/C13H21N3O4/c17-12(18)11-9-16(6-7-20-11)13(19)15-5-4-14-3-1-2-10(14)8-15/h10-11H,1-9H2,(H,17,18). The Balaban J connectivity index is 1.59. The van der Waals surface area contributed by atoms with E-state index in [4.69, 9.17) is 9.84 Å². The van der Waals surface area contributed by atoms with E-state index < -0.39 is 12.1 Å². The van der Waals surface area contributed by atoms with Crippen LogP contribution in [0, 0.1) is 0 Å². The lowest BCUT2D eigenvalue weighted by atomic mass is 10.1. The predicted octanol–water partition coefficient (Wildman–Crippen LogP) is -0.328. The summed E-state index contributed by atoms with van der Waals surface area (Å²) in [5, 5.41) is 8.99. The smallest absolute Gasteiger partial charge is 0.334 e. The van der Waals surface area contributed by atoms with Gasteiger partial charge in [-0.15, -0.1) is 0 Å². The van der Waals surface area contributed by atoms with Crippen LogP contribution in [0.15, 0.2) is 0 Å². The Labute approximate surface area is 118 Å². The number of nitrogens with zero attached hydrogens (tertiary/aromatic N) is 3. The normalized spacial score (nSPS) is 31.2. The van der Waals surface area contributed by atoms with Gasteiger partial charge in [0, 0.05) is 32.2 Å². The first kappa shape index (κ1) is 13.6. The molecule has 1 N–H and O–H groups in total. The van der Waals surface area contributed by atoms with Crippen LogP contribution in [0.2, 0.25) is 0 Å². The number of hydrogen-bond acceptors (Lipinski definition) is 4. The van der Waals surface area contributed by atoms with Crippen molar-refractivity contribution in [2.75, 3.05) is 45.9 Å². The van der Waals surface area contributed by atoms with Crippen LogP contribution in [0.25, 0.3) is 0 Å². The van der Waals surface area contributed by atoms with Gasteiger partial charge in [-0.2, -0.15) is 0 Å². The van der Waals surface area contributed by atoms with Gasteiger partial charge in [-0.3, -0.25) is 4.90 Å². The van der Waals surface area contributed by atoms with Crippen LogP contribution in [0.4, 0.5) is 4.79 Å². The summed E-state index contributed by atoms with van der Waals surface area (Å²) < 4.78 is 5.16. The molecule has 0 saturated carbocycles. The first-order chi connectivity index (χ1) is 9.65. The van der Waals surface area contributed by atoms with Crippen molar-refractivity contribution in [1.82, 2.24) is 14.7 Å². The molecule has 0 aromatic heterocycles. The molecule has 2 atom stereocenters. The Kier molecular flexibility index (Phi) is 3.80. The second-order valence-corrected chi connectivity index (χ2v) is 5.70. The van der Waals surface area contributed by atoms with Crippen molar-refractivity contribution in [3.8, 4) is 0 Å². The summed E-state index contributed by atoms with van der Waals surface area (Å²) in [6, 6.07) is 0.454. The van der Waals surface area contributed by atoms with Gasteiger partial charge in [-0.1, -0.05) is 0 Å². The van der Waals surface area contributed by atoms with E-state index in [1.807, 2.05) is 4.90 Å². The second kappa shape index (κ2) is 5.57. The summed E-state index contributed by atoms with van der Waals surface area (Å²) in [7, 11) is 0. The number of morpholine rings is 1. The maximum atomic E-state index is 12.5. The van der Waals surface area contributed by atoms with Crippen molar-refractivity contribution < 1.29 is 19.4 Å². The van der Waals surface area contributed by atoms with Gasteiger partial charge in [-0.25, -0.2) is 9.59 Å². The maximum absolute atomic E-state index is 12.5. The van der Waals surface area contributed by atoms with E-state index >= 15 is 0 Å². The van der Waals surface area contributed by atoms with Gasteiger partial charge < -0.3 is 19.6 Å². The highest BCUT2D eigenvalue weighted by Crippen LogP contribution is 2.22. The molecule has 3 saturated heterocycles. The van der Waals surface area contributed by atoms with Gasteiger partial charge in [0.05, 0.1) is 13.2 Å². The van der Waals surface area contributed by atoms with Crippen LogP contribution < -0.4 is 0 Å². The van der Waals surface area contributed by atoms with Crippen molar-refractivity contribution >= 4 is 12.0 Å². The molecule has 0 spiro atoms. The van der Waals surface area contributed by atoms with E-state index in [-0.39, 0.29) is 12.6 Å². The minimum absolute atomic E-state index is 0.0360. The van der Waals surface area contributed by atoms with Crippen molar-refractivity contribution in [3.63, 3.8) is 0 Å². The molecule has 3 aliphatic heterocycles. The summed E-state index contributed by atoms with van der Waals surface area (Å²) >= 11 is 0. The molecule has 0 aromatic rings. The quantitative estimate of drug-likeness (QED) is 0.713. The van der Waals surface area contributed by atoms with Crippen LogP contribution in [0.3, 0.4) is 0 Å². The summed E-state index contributed by atoms with van der Waals surface area (Å²) in [6.07, 6.45) is 1.48. The monoisotopic (exact) mass is 283 g/mol. The average molecular weight is 283 g/mol. The molecule has 20 heavy (non-hydrogen) atoms. The third-order valence-corrected chi connectivity index (χ3v) is 4.47. The van der Waals surface area contributed by atoms with E-state index in [0.29, 0.717) is 19.2 Å². The van der Waals surface area contributed by atoms with Crippen LogP contribution in [-0.4, -0.2) is 89.8 Å². The van der Waals surface area contributed by atoms with Crippen molar-refractivity contribution in [3.05, 3.63) is 0 Å². The first-order valence-electron chi connectivity index (χ1n) is 7.27. The number of urea groups is 1. The SMILES string of the molecule is O=C(O)C1CN(C(=O)N2CCN3CCCC3C2)CCO1. The van der Waals surface area contributed by atoms with Crippen LogP contribution in [-0.2, 0) is 9.53 Å². The number of fused-ring (bicyclic) bond motifs is 1. The molecule has 3 heterocycles. The molecule has 3 aliphatic rings. The van der Waals surface area contributed by atoms with Crippen molar-refractivity contribution in [2.24, 2.45) is 0 Å². The summed E-state index contributed by atoms with van der Waals surface area (Å²) in [4.78, 5) is 29.4. The van der Waals surface area contributed by atoms with Crippen molar-refractivity contribution in [1.29, 1.82) is 0 Å². The zero-order valence-electron chi connectivity index (χ0n) is 11.5. The fourth-order valence-electron chi connectivity index (χ4n) is 3.34. The molecule has 0 bridgehead atoms. The lowest BCUT2D eigenvalue weighted by molar-refractivity contribution is -0.154. The van der Waals surface area contributed by atoms with Gasteiger partial charge in [-0.05, 0) is 19.4 Å². The topological polar surface area (TPSA) is 73.3 Å². The minimum atomic E-state index is -0.997. The number of amides is 2. The predicted molar refractivity (Wildman–Crippen MR) is 70.5 cm³/mol. The molecule has 7 nitrogen and oxygen atoms in total. The average Bonchev–Trinajstić information content (AvgIpc) is 2.94. The lowest BCUT2D eigenvalue weighted by Crippen LogP contribution is -2.58. The van der Waals surface area contributed by atoms with E-state index in [2.05, 4.69) is 4.90 Å². The second-order valence-electron chi connectivity index (χ2n) is 5.70. The number of rotatable bonds is 1. The number of ether oxygens (including phenoxy) is 1. The van der Waals surface area contributed by atoms with Crippen LogP contribution in [0.5, 0.6) is 0 Å². The molecule has 112 valence electrons. The number of aliphatic carboxylic acids is 1. The van der Waals surface area contributed by atoms with Crippen molar-refractivity contribution in [2.45, 2.75) is 25.0 Å². The van der Waals surface area contributed by atoms with Gasteiger partial charge in [0.1, 0.15) is 0 Å². The Morgan fingerprint density at radius 3 is 2.65 bits per heavy atom. The Hall–Kier alpha value is -1.34. The van der Waals surface area contributed by atoms with Gasteiger partial charge in [0.25, 0.3) is 0 Å². The Morgan fingerprint density at radius 2 is 1.85 bits per heavy atom. The Bertz CT molecular complexity index is 403. The maximum Gasteiger partial charge on any atom is 0.334 e. The number of carbonyl (C=O) groups excluding carboxylic acids is 1. The highest BCUT2D eigenvalue weighted by Gasteiger charge is 2.36. The van der Waals surface area contributed by atoms with E-state index in [1.54, 1.807) is 4.90 Å². The molecule has 0 aromatic carbocycles. The molecular weight excluding hydrogens is 262 g/mol. The zero-order valence-corrected chi connectivity index (χ0v) is 11.5. The van der Waals surface area contributed by atoms with E-state index in [1.165, 1.54) is 6.42 Å². The van der Waals surface area contributed by atoms with E-state index in [9.17, 15) is 9.59 Å². The molecule has 2 unspecified atom stereocenters. The number of carbonyl (C=O) groups is 2. The molecule has 2 amide bonds. The molecule has 7 heteroatoms. The fraction of sp³-hybridized carbons (Fsp3) is 0.846. The third kappa shape index (κ3) is 2.60. The number of piperazine rings is 1.